The van der Waals surface area contributed by atoms with E-state index in [1.54, 1.807) is 6.07 Å². The smallest absolute Gasteiger partial charge is 0.338 e. The molecule has 0 heterocycles. The molecule has 8 heteroatoms. The van der Waals surface area contributed by atoms with Gasteiger partial charge in [0, 0.05) is 28.4 Å². The molecule has 0 unspecified atom stereocenters. The molecule has 0 spiro atoms. The van der Waals surface area contributed by atoms with Crippen LogP contribution in [0.5, 0.6) is 23.0 Å². The van der Waals surface area contributed by atoms with Gasteiger partial charge in [-0.25, -0.2) is 19.2 Å². The van der Waals surface area contributed by atoms with E-state index in [1.807, 2.05) is 0 Å². The number of ether oxygens (including phenoxy) is 4. The van der Waals surface area contributed by atoms with Gasteiger partial charge in [-0.15, -0.1) is 0 Å². The summed E-state index contributed by atoms with van der Waals surface area (Å²) in [4.78, 5) is 48.4. The number of hydrogen-bond donors (Lipinski definition) is 0. The third kappa shape index (κ3) is 7.39. The van der Waals surface area contributed by atoms with Crippen LogP contribution >= 0.6 is 0 Å². The molecule has 0 aliphatic heterocycles. The quantitative estimate of drug-likeness (QED) is 0.266. The van der Waals surface area contributed by atoms with Crippen LogP contribution in [-0.2, 0) is 19.2 Å². The summed E-state index contributed by atoms with van der Waals surface area (Å²) in [6.07, 6.45) is 0. The average Bonchev–Trinajstić information content (AvgIpc) is 2.79. The van der Waals surface area contributed by atoms with Crippen molar-refractivity contribution in [3.63, 3.8) is 0 Å². The molecular weight excluding hydrogens is 464 g/mol. The van der Waals surface area contributed by atoms with Gasteiger partial charge in [-0.3, -0.25) is 0 Å². The lowest BCUT2D eigenvalue weighted by Gasteiger charge is -2.14. The molecule has 0 bridgehead atoms. The molecule has 2 aromatic carbocycles. The first-order chi connectivity index (χ1) is 16.8. The van der Waals surface area contributed by atoms with Gasteiger partial charge in [0.15, 0.2) is 11.5 Å². The van der Waals surface area contributed by atoms with Crippen LogP contribution in [0, 0.1) is 0 Å². The van der Waals surface area contributed by atoms with Crippen LogP contribution in [0.1, 0.15) is 27.7 Å². The van der Waals surface area contributed by atoms with Crippen LogP contribution in [-0.4, -0.2) is 23.9 Å². The topological polar surface area (TPSA) is 105 Å². The molecule has 2 aromatic rings. The van der Waals surface area contributed by atoms with E-state index in [4.69, 9.17) is 18.9 Å². The summed E-state index contributed by atoms with van der Waals surface area (Å²) in [5.41, 5.74) is 1.48. The van der Waals surface area contributed by atoms with Crippen LogP contribution in [0.25, 0.3) is 11.1 Å². The maximum Gasteiger partial charge on any atom is 0.338 e. The molecule has 0 radical (unpaired) electrons. The predicted molar refractivity (Wildman–Crippen MR) is 134 cm³/mol. The van der Waals surface area contributed by atoms with Crippen molar-refractivity contribution >= 4 is 23.9 Å². The number of carbonyl (C=O) groups is 4. The molecule has 0 aliphatic carbocycles. The van der Waals surface area contributed by atoms with Crippen molar-refractivity contribution in [3.8, 4) is 34.1 Å². The van der Waals surface area contributed by atoms with Gasteiger partial charge in [-0.05, 0) is 63.1 Å². The van der Waals surface area contributed by atoms with Crippen molar-refractivity contribution in [1.82, 2.24) is 0 Å². The minimum Gasteiger partial charge on any atom is -0.423 e. The molecular formula is C28H26O8. The number of hydrogen-bond acceptors (Lipinski definition) is 8. The molecule has 36 heavy (non-hydrogen) atoms. The lowest BCUT2D eigenvalue weighted by Crippen LogP contribution is -2.13. The van der Waals surface area contributed by atoms with Crippen LogP contribution in [0.4, 0.5) is 0 Å². The Hall–Kier alpha value is -4.72. The fourth-order valence-electron chi connectivity index (χ4n) is 2.47. The van der Waals surface area contributed by atoms with Crippen molar-refractivity contribution in [3.05, 3.63) is 85.0 Å². The molecule has 186 valence electrons. The van der Waals surface area contributed by atoms with Gasteiger partial charge in [-0.2, -0.15) is 0 Å². The molecule has 0 saturated heterocycles. The van der Waals surface area contributed by atoms with Crippen molar-refractivity contribution < 1.29 is 38.1 Å². The van der Waals surface area contributed by atoms with Crippen molar-refractivity contribution in [2.24, 2.45) is 0 Å². The fourth-order valence-corrected chi connectivity index (χ4v) is 2.47. The molecule has 0 N–H and O–H groups in total. The van der Waals surface area contributed by atoms with Crippen LogP contribution in [0.2, 0.25) is 0 Å². The maximum absolute atomic E-state index is 12.2. The largest absolute Gasteiger partial charge is 0.423 e. The lowest BCUT2D eigenvalue weighted by atomic mass is 10.0. The number of rotatable bonds is 9. The van der Waals surface area contributed by atoms with E-state index >= 15 is 0 Å². The second-order valence-electron chi connectivity index (χ2n) is 8.03. The predicted octanol–water partition coefficient (Wildman–Crippen LogP) is 5.28. The van der Waals surface area contributed by atoms with E-state index in [2.05, 4.69) is 26.3 Å². The Labute approximate surface area is 209 Å². The summed E-state index contributed by atoms with van der Waals surface area (Å²) >= 11 is 0. The van der Waals surface area contributed by atoms with Gasteiger partial charge in [0.25, 0.3) is 0 Å². The standard InChI is InChI=1S/C28H26O8/c1-15(2)25(29)33-21-11-20(12-22(14-21)34-26(30)16(3)4)19-9-10-23(35-27(31)17(5)6)24(13-19)36-28(32)18(7)8/h9-14H,1,3,5,7H2,2,4,6,8H3. The highest BCUT2D eigenvalue weighted by molar-refractivity contribution is 5.92. The Morgan fingerprint density at radius 3 is 1.31 bits per heavy atom. The van der Waals surface area contributed by atoms with Gasteiger partial charge >= 0.3 is 23.9 Å². The molecule has 8 nitrogen and oxygen atoms in total. The number of esters is 4. The molecule has 0 aromatic heterocycles. The summed E-state index contributed by atoms with van der Waals surface area (Å²) in [5, 5.41) is 0. The Morgan fingerprint density at radius 2 is 0.889 bits per heavy atom. The van der Waals surface area contributed by atoms with E-state index in [9.17, 15) is 19.2 Å². The second kappa shape index (κ2) is 11.6. The van der Waals surface area contributed by atoms with Crippen molar-refractivity contribution in [2.75, 3.05) is 0 Å². The van der Waals surface area contributed by atoms with E-state index in [0.29, 0.717) is 11.1 Å². The van der Waals surface area contributed by atoms with Gasteiger partial charge in [0.1, 0.15) is 11.5 Å². The Balaban J connectivity index is 2.62. The SMILES string of the molecule is C=C(C)C(=O)Oc1cc(OC(=O)C(=C)C)cc(-c2ccc(OC(=O)C(=C)C)c(OC(=O)C(=C)C)c2)c1. The Kier molecular flexibility index (Phi) is 8.88. The molecule has 0 saturated carbocycles. The van der Waals surface area contributed by atoms with Gasteiger partial charge in [0.2, 0.25) is 0 Å². The Morgan fingerprint density at radius 1 is 0.500 bits per heavy atom. The molecule has 0 amide bonds. The summed E-state index contributed by atoms with van der Waals surface area (Å²) < 4.78 is 21.3. The van der Waals surface area contributed by atoms with Crippen LogP contribution in [0.15, 0.2) is 85.0 Å². The maximum atomic E-state index is 12.2. The van der Waals surface area contributed by atoms with E-state index in [0.717, 1.165) is 0 Å². The number of carbonyl (C=O) groups excluding carboxylic acids is 4. The molecule has 2 rings (SSSR count). The lowest BCUT2D eigenvalue weighted by molar-refractivity contribution is -0.132. The van der Waals surface area contributed by atoms with Gasteiger partial charge in [-0.1, -0.05) is 32.4 Å². The zero-order chi connectivity index (χ0) is 27.2. The average molecular weight is 491 g/mol. The van der Waals surface area contributed by atoms with Crippen LogP contribution in [0.3, 0.4) is 0 Å². The summed E-state index contributed by atoms with van der Waals surface area (Å²) in [6, 6.07) is 8.81. The fraction of sp³-hybridized carbons (Fsp3) is 0.143. The normalized spacial score (nSPS) is 10.0. The van der Waals surface area contributed by atoms with E-state index in [-0.39, 0.29) is 45.3 Å². The highest BCUT2D eigenvalue weighted by atomic mass is 16.6. The zero-order valence-electron chi connectivity index (χ0n) is 20.6. The third-order valence-electron chi connectivity index (χ3n) is 4.38. The molecule has 0 aliphatic rings. The first-order valence-electron chi connectivity index (χ1n) is 10.6. The van der Waals surface area contributed by atoms with E-state index in [1.165, 1.54) is 58.0 Å². The van der Waals surface area contributed by atoms with Crippen LogP contribution < -0.4 is 18.9 Å². The number of benzene rings is 2. The van der Waals surface area contributed by atoms with Gasteiger partial charge in [0.05, 0.1) is 0 Å². The molecule has 0 fully saturated rings. The molecule has 0 atom stereocenters. The minimum absolute atomic E-state index is 0.0276. The van der Waals surface area contributed by atoms with Crippen molar-refractivity contribution in [1.29, 1.82) is 0 Å². The van der Waals surface area contributed by atoms with Gasteiger partial charge < -0.3 is 18.9 Å². The first kappa shape index (κ1) is 27.5. The second-order valence-corrected chi connectivity index (χ2v) is 8.03. The zero-order valence-corrected chi connectivity index (χ0v) is 20.6. The minimum atomic E-state index is -0.736. The summed E-state index contributed by atoms with van der Waals surface area (Å²) in [7, 11) is 0. The highest BCUT2D eigenvalue weighted by Gasteiger charge is 2.18. The Bertz CT molecular complexity index is 1270. The summed E-state index contributed by atoms with van der Waals surface area (Å²) in [6.45, 7) is 20.1. The first-order valence-corrected chi connectivity index (χ1v) is 10.6. The monoisotopic (exact) mass is 490 g/mol. The summed E-state index contributed by atoms with van der Waals surface area (Å²) in [5.74, 6) is -2.75. The highest BCUT2D eigenvalue weighted by Crippen LogP contribution is 2.37. The van der Waals surface area contributed by atoms with Crippen molar-refractivity contribution in [2.45, 2.75) is 27.7 Å². The third-order valence-corrected chi connectivity index (χ3v) is 4.38. The van der Waals surface area contributed by atoms with E-state index < -0.39 is 23.9 Å².